The second-order valence-electron chi connectivity index (χ2n) is 17.8. The zero-order valence-electron chi connectivity index (χ0n) is 37.7. The lowest BCUT2D eigenvalue weighted by Gasteiger charge is -2.67. The van der Waals surface area contributed by atoms with E-state index in [0.717, 1.165) is 19.0 Å². The molecule has 1 aliphatic heterocycles. The minimum Gasteiger partial charge on any atom is -0.455 e. The molecule has 0 spiro atoms. The van der Waals surface area contributed by atoms with Crippen LogP contribution in [0.1, 0.15) is 82.6 Å². The minimum absolute atomic E-state index is 0.0230. The first kappa shape index (κ1) is 51.1. The van der Waals surface area contributed by atoms with E-state index in [2.05, 4.69) is 14.4 Å². The number of benzene rings is 2. The van der Waals surface area contributed by atoms with Gasteiger partial charge < -0.3 is 48.5 Å². The molecule has 6 rings (SSSR count). The second kappa shape index (κ2) is 21.3. The van der Waals surface area contributed by atoms with Crippen molar-refractivity contribution in [3.8, 4) is 0 Å². The highest BCUT2D eigenvalue weighted by Crippen LogP contribution is 2.64. The van der Waals surface area contributed by atoms with Crippen molar-refractivity contribution in [2.45, 2.75) is 115 Å². The quantitative estimate of drug-likeness (QED) is 0.0282. The summed E-state index contributed by atoms with van der Waals surface area (Å²) in [6, 6.07) is 16.7. The molecule has 5 N–H and O–H groups in total. The van der Waals surface area contributed by atoms with Crippen molar-refractivity contribution in [3.63, 3.8) is 0 Å². The lowest BCUT2D eigenvalue weighted by Crippen LogP contribution is -2.81. The van der Waals surface area contributed by atoms with Crippen molar-refractivity contribution in [2.24, 2.45) is 22.6 Å². The van der Waals surface area contributed by atoms with Crippen molar-refractivity contribution < 1.29 is 86.8 Å². The first-order chi connectivity index (χ1) is 31.3. The molecule has 0 aromatic heterocycles. The van der Waals surface area contributed by atoms with Crippen LogP contribution in [0.4, 0.5) is 0 Å². The normalized spacial score (nSPS) is 30.8. The molecule has 3 fully saturated rings. The Morgan fingerprint density at radius 3 is 2.26 bits per heavy atom. The van der Waals surface area contributed by atoms with Gasteiger partial charge in [0.25, 0.3) is 0 Å². The van der Waals surface area contributed by atoms with Crippen molar-refractivity contribution in [2.75, 3.05) is 38.8 Å². The van der Waals surface area contributed by atoms with Crippen LogP contribution in [0.25, 0.3) is 0 Å². The van der Waals surface area contributed by atoms with Gasteiger partial charge in [0.2, 0.25) is 6.10 Å². The molecule has 1 saturated heterocycles. The second-order valence-corrected chi connectivity index (χ2v) is 18.6. The molecule has 2 aromatic rings. The predicted octanol–water partition coefficient (Wildman–Crippen LogP) is 3.17. The van der Waals surface area contributed by atoms with Crippen LogP contribution < -0.4 is 5.90 Å². The smallest absolute Gasteiger partial charge is 0.348 e. The molecule has 2 aromatic carbocycles. The summed E-state index contributed by atoms with van der Waals surface area (Å²) in [5, 5.41) is 41.9. The highest BCUT2D eigenvalue weighted by Gasteiger charge is 2.78. The lowest BCUT2D eigenvalue weighted by atomic mass is 9.44. The van der Waals surface area contributed by atoms with Crippen LogP contribution in [-0.2, 0) is 66.7 Å². The van der Waals surface area contributed by atoms with E-state index in [4.69, 9.17) is 39.1 Å². The Bertz CT molecular complexity index is 2090. The molecule has 2 saturated carbocycles. The molecule has 0 amide bonds. The van der Waals surface area contributed by atoms with Gasteiger partial charge in [-0.15, -0.1) is 9.32 Å². The van der Waals surface area contributed by atoms with Crippen molar-refractivity contribution >= 4 is 41.7 Å². The third kappa shape index (κ3) is 9.95. The number of carbonyl (C=O) groups is 5. The molecule has 2 bridgehead atoms. The average molecular weight is 946 g/mol. The monoisotopic (exact) mass is 945 g/mol. The van der Waals surface area contributed by atoms with Crippen LogP contribution in [0.2, 0.25) is 0 Å². The van der Waals surface area contributed by atoms with E-state index in [0.29, 0.717) is 24.3 Å². The van der Waals surface area contributed by atoms with Gasteiger partial charge in [0.1, 0.15) is 36.6 Å². The first-order valence-electron chi connectivity index (χ1n) is 21.7. The summed E-state index contributed by atoms with van der Waals surface area (Å²) in [5.41, 5.74) is -6.86. The van der Waals surface area contributed by atoms with Crippen LogP contribution in [0, 0.1) is 16.7 Å². The number of fused-ring (bicyclic) bond motifs is 5. The van der Waals surface area contributed by atoms with Gasteiger partial charge in [-0.3, -0.25) is 9.59 Å². The SMILES string of the molecule is CC(=O)O[C@@]12CO[C@@H]1C[C@H](O)[C@@]1(C)C(=O)[C@H](O)C3=C(C)[C@@H](OC(=O)[C@H](OC(=O)COCCOCCCSOOON)[C@@H](C)c4ccccc4)C[C@@](O)([C@@H](OC(=O)c4ccccc4)[C@H]21)C3(C)C. The Morgan fingerprint density at radius 2 is 1.62 bits per heavy atom. The van der Waals surface area contributed by atoms with Gasteiger partial charge in [-0.25, -0.2) is 14.4 Å². The Labute approximate surface area is 386 Å². The molecule has 66 heavy (non-hydrogen) atoms. The minimum atomic E-state index is -2.34. The molecule has 0 radical (unpaired) electrons. The number of hydrogen-bond donors (Lipinski definition) is 4. The van der Waals surface area contributed by atoms with E-state index in [1.807, 2.05) is 0 Å². The summed E-state index contributed by atoms with van der Waals surface area (Å²) in [7, 11) is 0. The first-order valence-corrected chi connectivity index (χ1v) is 22.6. The summed E-state index contributed by atoms with van der Waals surface area (Å²) in [6.07, 6.45) is -9.41. The molecule has 20 heteroatoms. The molecule has 3 aliphatic carbocycles. The van der Waals surface area contributed by atoms with Crippen LogP contribution in [0.15, 0.2) is 71.8 Å². The Morgan fingerprint density at radius 1 is 0.955 bits per heavy atom. The molecule has 362 valence electrons. The van der Waals surface area contributed by atoms with E-state index in [1.54, 1.807) is 76.2 Å². The summed E-state index contributed by atoms with van der Waals surface area (Å²) in [6.45, 7) is 8.59. The van der Waals surface area contributed by atoms with E-state index < -0.39 is 113 Å². The standard InChI is InChI=1S/C46H59NO18S/c1-26(29-14-9-7-10-15-29)37(60-34(50)24-57-20-19-56-18-13-21-66-65-64-63-47)42(54)59-31-23-46(55)40(61-41(53)30-16-11-8-12-17-30)38-44(6,39(52)36(51)35(27(31)2)43(46,4)5)32(49)22-33-45(38,25-58-33)62-28(3)48/h7-12,14-17,26,31-33,36-38,40,49,51,55H,13,18-25,47H2,1-6H3/t26-,31-,32-,33+,36+,37+,38-,40-,44+,45-,46+/m0/s1. The summed E-state index contributed by atoms with van der Waals surface area (Å²) >= 11 is 0.962. The van der Waals surface area contributed by atoms with Crippen LogP contribution in [-0.4, -0.2) is 132 Å². The number of Topliss-reactive ketones (excluding diaryl/α,β-unsaturated/α-hetero) is 1. The van der Waals surface area contributed by atoms with Crippen LogP contribution in [0.5, 0.6) is 0 Å². The molecular formula is C46H59NO18S. The maximum atomic E-state index is 15.1. The van der Waals surface area contributed by atoms with E-state index in [-0.39, 0.29) is 43.0 Å². The number of aliphatic hydroxyl groups is 3. The zero-order chi connectivity index (χ0) is 48.0. The number of aliphatic hydroxyl groups excluding tert-OH is 2. The van der Waals surface area contributed by atoms with Gasteiger partial charge in [-0.1, -0.05) is 69.3 Å². The molecule has 0 unspecified atom stereocenters. The third-order valence-electron chi connectivity index (χ3n) is 13.7. The topological polar surface area (TPSA) is 264 Å². The van der Waals surface area contributed by atoms with Gasteiger partial charge in [-0.2, -0.15) is 5.90 Å². The summed E-state index contributed by atoms with van der Waals surface area (Å²) < 4.78 is 45.8. The predicted molar refractivity (Wildman–Crippen MR) is 230 cm³/mol. The Kier molecular flexibility index (Phi) is 16.5. The van der Waals surface area contributed by atoms with Crippen molar-refractivity contribution in [1.82, 2.24) is 0 Å². The fourth-order valence-corrected chi connectivity index (χ4v) is 10.5. The van der Waals surface area contributed by atoms with Crippen molar-refractivity contribution in [1.29, 1.82) is 0 Å². The van der Waals surface area contributed by atoms with Gasteiger partial charge in [-0.05, 0) is 54.1 Å². The summed E-state index contributed by atoms with van der Waals surface area (Å²) in [4.78, 5) is 74.0. The van der Waals surface area contributed by atoms with E-state index in [1.165, 1.54) is 19.1 Å². The molecule has 4 aliphatic rings. The van der Waals surface area contributed by atoms with Gasteiger partial charge >= 0.3 is 23.9 Å². The Hall–Kier alpha value is -4.32. The number of carbonyl (C=O) groups excluding carboxylic acids is 5. The van der Waals surface area contributed by atoms with E-state index >= 15 is 4.79 Å². The number of hydrogen-bond acceptors (Lipinski definition) is 20. The number of ether oxygens (including phenoxy) is 7. The molecule has 19 nitrogen and oxygen atoms in total. The van der Waals surface area contributed by atoms with Gasteiger partial charge in [0.15, 0.2) is 11.4 Å². The molecule has 11 atom stereocenters. The summed E-state index contributed by atoms with van der Waals surface area (Å²) in [5.74, 6) is -1.60. The van der Waals surface area contributed by atoms with Crippen LogP contribution in [0.3, 0.4) is 0 Å². The van der Waals surface area contributed by atoms with Crippen LogP contribution >= 0.6 is 12.0 Å². The Balaban J connectivity index is 1.33. The molecular weight excluding hydrogens is 887 g/mol. The third-order valence-corrected chi connectivity index (χ3v) is 14.3. The molecule has 1 heterocycles. The van der Waals surface area contributed by atoms with Gasteiger partial charge in [0.05, 0.1) is 42.8 Å². The number of rotatable bonds is 20. The number of esters is 4. The maximum Gasteiger partial charge on any atom is 0.348 e. The van der Waals surface area contributed by atoms with Gasteiger partial charge in [0, 0.05) is 55.5 Å². The highest BCUT2D eigenvalue weighted by molar-refractivity contribution is 7.94. The van der Waals surface area contributed by atoms with Crippen molar-refractivity contribution in [3.05, 3.63) is 82.9 Å². The maximum absolute atomic E-state index is 15.1. The van der Waals surface area contributed by atoms with E-state index in [9.17, 15) is 34.5 Å². The number of nitrogens with two attached hydrogens (primary N) is 1. The largest absolute Gasteiger partial charge is 0.455 e. The zero-order valence-corrected chi connectivity index (χ0v) is 38.5. The fraction of sp³-hybridized carbons (Fsp3) is 0.587. The number of ketones is 1. The lowest BCUT2D eigenvalue weighted by molar-refractivity contribution is -0.464. The fourth-order valence-electron chi connectivity index (χ4n) is 10.1. The average Bonchev–Trinajstić information content (AvgIpc) is 3.28. The highest BCUT2D eigenvalue weighted by atomic mass is 32.2.